The van der Waals surface area contributed by atoms with Gasteiger partial charge in [0.15, 0.2) is 0 Å². The van der Waals surface area contributed by atoms with E-state index >= 15 is 0 Å². The molecule has 1 aromatic rings. The summed E-state index contributed by atoms with van der Waals surface area (Å²) in [5, 5.41) is 7.52. The van der Waals surface area contributed by atoms with E-state index in [4.69, 9.17) is 11.6 Å². The van der Waals surface area contributed by atoms with Crippen LogP contribution in [0.2, 0.25) is 5.02 Å². The number of anilines is 1. The van der Waals surface area contributed by atoms with Gasteiger partial charge in [-0.05, 0) is 41.0 Å². The molecule has 0 bridgehead atoms. The fraction of sp³-hybridized carbons (Fsp3) is 0.400. The van der Waals surface area contributed by atoms with Crippen LogP contribution in [0.1, 0.15) is 6.42 Å². The minimum atomic E-state index is 0.518. The van der Waals surface area contributed by atoms with Gasteiger partial charge in [-0.1, -0.05) is 17.7 Å². The summed E-state index contributed by atoms with van der Waals surface area (Å²) in [7, 11) is 0. The predicted molar refractivity (Wildman–Crippen MR) is 64.0 cm³/mol. The Kier molecular flexibility index (Phi) is 3.31. The van der Waals surface area contributed by atoms with Crippen LogP contribution in [0.3, 0.4) is 0 Å². The molecule has 0 saturated carbocycles. The summed E-state index contributed by atoms with van der Waals surface area (Å²) in [5.74, 6) is 0. The Labute approximate surface area is 97.2 Å². The minimum absolute atomic E-state index is 0.518. The van der Waals surface area contributed by atoms with Gasteiger partial charge in [0.2, 0.25) is 0 Å². The van der Waals surface area contributed by atoms with E-state index in [0.29, 0.717) is 6.04 Å². The van der Waals surface area contributed by atoms with Gasteiger partial charge in [-0.15, -0.1) is 0 Å². The standard InChI is InChI=1S/C10H12BrClN2/c11-10-8(12)2-1-3-9(10)14-7-4-5-13-6-7/h1-3,7,13-14H,4-6H2. The first-order valence-electron chi connectivity index (χ1n) is 4.68. The zero-order chi connectivity index (χ0) is 9.97. The lowest BCUT2D eigenvalue weighted by Crippen LogP contribution is -2.22. The van der Waals surface area contributed by atoms with E-state index < -0.39 is 0 Å². The number of hydrogen-bond donors (Lipinski definition) is 2. The van der Waals surface area contributed by atoms with Gasteiger partial charge in [0.05, 0.1) is 15.2 Å². The lowest BCUT2D eigenvalue weighted by molar-refractivity contribution is 0.793. The highest BCUT2D eigenvalue weighted by molar-refractivity contribution is 9.10. The summed E-state index contributed by atoms with van der Waals surface area (Å²) in [6.07, 6.45) is 1.17. The molecule has 1 unspecified atom stereocenters. The van der Waals surface area contributed by atoms with Crippen molar-refractivity contribution >= 4 is 33.2 Å². The molecule has 76 valence electrons. The zero-order valence-corrected chi connectivity index (χ0v) is 10.0. The Morgan fingerprint density at radius 1 is 1.50 bits per heavy atom. The molecule has 1 saturated heterocycles. The maximum absolute atomic E-state index is 6.00. The van der Waals surface area contributed by atoms with Crippen LogP contribution < -0.4 is 10.6 Å². The van der Waals surface area contributed by atoms with Gasteiger partial charge in [0.25, 0.3) is 0 Å². The number of rotatable bonds is 2. The molecule has 2 rings (SSSR count). The van der Waals surface area contributed by atoms with Gasteiger partial charge in [-0.2, -0.15) is 0 Å². The highest BCUT2D eigenvalue weighted by Crippen LogP contribution is 2.30. The third-order valence-corrected chi connectivity index (χ3v) is 3.77. The molecule has 0 spiro atoms. The van der Waals surface area contributed by atoms with Crippen molar-refractivity contribution in [3.8, 4) is 0 Å². The minimum Gasteiger partial charge on any atom is -0.380 e. The Balaban J connectivity index is 2.11. The van der Waals surface area contributed by atoms with E-state index in [2.05, 4.69) is 26.6 Å². The van der Waals surface area contributed by atoms with Crippen LogP contribution in [0.5, 0.6) is 0 Å². The smallest absolute Gasteiger partial charge is 0.0593 e. The van der Waals surface area contributed by atoms with Crippen molar-refractivity contribution in [2.24, 2.45) is 0 Å². The van der Waals surface area contributed by atoms with Gasteiger partial charge in [0, 0.05) is 12.6 Å². The second kappa shape index (κ2) is 4.51. The van der Waals surface area contributed by atoms with Crippen molar-refractivity contribution in [2.75, 3.05) is 18.4 Å². The van der Waals surface area contributed by atoms with Crippen LogP contribution in [0.4, 0.5) is 5.69 Å². The highest BCUT2D eigenvalue weighted by atomic mass is 79.9. The van der Waals surface area contributed by atoms with Crippen molar-refractivity contribution in [2.45, 2.75) is 12.5 Å². The van der Waals surface area contributed by atoms with Crippen LogP contribution in [0.15, 0.2) is 22.7 Å². The molecule has 4 heteroatoms. The number of nitrogens with one attached hydrogen (secondary N) is 2. The van der Waals surface area contributed by atoms with Crippen molar-refractivity contribution < 1.29 is 0 Å². The molecule has 0 aromatic heterocycles. The molecule has 1 aliphatic rings. The van der Waals surface area contributed by atoms with E-state index in [1.54, 1.807) is 0 Å². The molecule has 1 heterocycles. The third kappa shape index (κ3) is 2.22. The predicted octanol–water partition coefficient (Wildman–Crippen LogP) is 2.88. The summed E-state index contributed by atoms with van der Waals surface area (Å²) in [4.78, 5) is 0. The molecule has 0 aliphatic carbocycles. The van der Waals surface area contributed by atoms with Crippen LogP contribution >= 0.6 is 27.5 Å². The summed E-state index contributed by atoms with van der Waals surface area (Å²) in [5.41, 5.74) is 1.08. The van der Waals surface area contributed by atoms with Crippen LogP contribution in [-0.2, 0) is 0 Å². The molecule has 1 fully saturated rings. The maximum atomic E-state index is 6.00. The van der Waals surface area contributed by atoms with Crippen molar-refractivity contribution in [1.82, 2.24) is 5.32 Å². The number of halogens is 2. The van der Waals surface area contributed by atoms with Crippen LogP contribution in [0.25, 0.3) is 0 Å². The van der Waals surface area contributed by atoms with E-state index in [0.717, 1.165) is 28.3 Å². The molecular formula is C10H12BrClN2. The Hall–Kier alpha value is -0.250. The van der Waals surface area contributed by atoms with E-state index in [1.165, 1.54) is 6.42 Å². The van der Waals surface area contributed by atoms with E-state index in [9.17, 15) is 0 Å². The van der Waals surface area contributed by atoms with Gasteiger partial charge >= 0.3 is 0 Å². The molecule has 2 N–H and O–H groups in total. The summed E-state index contributed by atoms with van der Waals surface area (Å²) in [6, 6.07) is 6.39. The van der Waals surface area contributed by atoms with E-state index in [1.807, 2.05) is 18.2 Å². The maximum Gasteiger partial charge on any atom is 0.0593 e. The van der Waals surface area contributed by atoms with Crippen molar-refractivity contribution in [1.29, 1.82) is 0 Å². The normalized spacial score (nSPS) is 21.1. The SMILES string of the molecule is Clc1cccc(NC2CCNC2)c1Br. The first-order chi connectivity index (χ1) is 6.77. The van der Waals surface area contributed by atoms with Crippen LogP contribution in [0, 0.1) is 0 Å². The summed E-state index contributed by atoms with van der Waals surface area (Å²) in [6.45, 7) is 2.12. The molecule has 1 atom stereocenters. The van der Waals surface area contributed by atoms with Gasteiger partial charge in [-0.25, -0.2) is 0 Å². The summed E-state index contributed by atoms with van der Waals surface area (Å²) < 4.78 is 0.952. The second-order valence-electron chi connectivity index (χ2n) is 3.44. The molecule has 14 heavy (non-hydrogen) atoms. The van der Waals surface area contributed by atoms with Crippen LogP contribution in [-0.4, -0.2) is 19.1 Å². The van der Waals surface area contributed by atoms with Gasteiger partial charge in [0.1, 0.15) is 0 Å². The average Bonchev–Trinajstić information content (AvgIpc) is 2.66. The van der Waals surface area contributed by atoms with Crippen molar-refractivity contribution in [3.05, 3.63) is 27.7 Å². The fourth-order valence-electron chi connectivity index (χ4n) is 1.61. The van der Waals surface area contributed by atoms with E-state index in [-0.39, 0.29) is 0 Å². The van der Waals surface area contributed by atoms with Gasteiger partial charge in [-0.3, -0.25) is 0 Å². The molecule has 0 radical (unpaired) electrons. The third-order valence-electron chi connectivity index (χ3n) is 2.37. The Morgan fingerprint density at radius 3 is 3.07 bits per heavy atom. The Bertz CT molecular complexity index is 324. The fourth-order valence-corrected chi connectivity index (χ4v) is 2.17. The topological polar surface area (TPSA) is 24.1 Å². The number of benzene rings is 1. The largest absolute Gasteiger partial charge is 0.380 e. The zero-order valence-electron chi connectivity index (χ0n) is 7.69. The average molecular weight is 276 g/mol. The summed E-state index contributed by atoms with van der Waals surface area (Å²) >= 11 is 9.47. The molecular weight excluding hydrogens is 263 g/mol. The molecule has 1 aromatic carbocycles. The first-order valence-corrected chi connectivity index (χ1v) is 5.86. The number of hydrogen-bond acceptors (Lipinski definition) is 2. The molecule has 1 aliphatic heterocycles. The molecule has 2 nitrogen and oxygen atoms in total. The lowest BCUT2D eigenvalue weighted by atomic mass is 10.2. The second-order valence-corrected chi connectivity index (χ2v) is 4.64. The first kappa shape index (κ1) is 10.3. The Morgan fingerprint density at radius 2 is 2.36 bits per heavy atom. The molecule has 0 amide bonds. The highest BCUT2D eigenvalue weighted by Gasteiger charge is 2.15. The lowest BCUT2D eigenvalue weighted by Gasteiger charge is -2.14. The van der Waals surface area contributed by atoms with Crippen molar-refractivity contribution in [3.63, 3.8) is 0 Å². The van der Waals surface area contributed by atoms with Gasteiger partial charge < -0.3 is 10.6 Å². The quantitative estimate of drug-likeness (QED) is 0.867. The monoisotopic (exact) mass is 274 g/mol.